The summed E-state index contributed by atoms with van der Waals surface area (Å²) in [5, 5.41) is 0. The predicted molar refractivity (Wildman–Crippen MR) is 57.7 cm³/mol. The second kappa shape index (κ2) is 4.37. The van der Waals surface area contributed by atoms with Crippen LogP contribution in [0, 0.1) is 41.5 Å². The van der Waals surface area contributed by atoms with Gasteiger partial charge in [-0.1, -0.05) is 0 Å². The van der Waals surface area contributed by atoms with Crippen molar-refractivity contribution in [3.05, 3.63) is 33.4 Å². The Bertz CT molecular complexity index is 219. The van der Waals surface area contributed by atoms with E-state index in [2.05, 4.69) is 41.5 Å². The SMILES string of the molecule is Cc1c(C)c(C)c(C)c(C)c1C.[RuH2]. The third-order valence-corrected chi connectivity index (χ3v) is 3.38. The van der Waals surface area contributed by atoms with Gasteiger partial charge in [-0.2, -0.15) is 0 Å². The van der Waals surface area contributed by atoms with Crippen LogP contribution in [0.15, 0.2) is 0 Å². The third-order valence-electron chi connectivity index (χ3n) is 3.38. The Labute approximate surface area is 94.5 Å². The molecule has 1 rings (SSSR count). The Morgan fingerprint density at radius 1 is 0.385 bits per heavy atom. The summed E-state index contributed by atoms with van der Waals surface area (Å²) >= 11 is 0. The number of hydrogen-bond acceptors (Lipinski definition) is 0. The summed E-state index contributed by atoms with van der Waals surface area (Å²) in [6.07, 6.45) is 0. The van der Waals surface area contributed by atoms with Crippen LogP contribution in [0.5, 0.6) is 0 Å². The first kappa shape index (κ1) is 12.8. The molecule has 0 saturated carbocycles. The van der Waals surface area contributed by atoms with Crippen molar-refractivity contribution in [2.24, 2.45) is 0 Å². The van der Waals surface area contributed by atoms with Crippen molar-refractivity contribution in [3.63, 3.8) is 0 Å². The molecule has 0 amide bonds. The van der Waals surface area contributed by atoms with E-state index >= 15 is 0 Å². The summed E-state index contributed by atoms with van der Waals surface area (Å²) in [6.45, 7) is 13.3. The van der Waals surface area contributed by atoms with Crippen LogP contribution in [0.4, 0.5) is 0 Å². The molecular formula is C12H20Ru. The Hall–Kier alpha value is -0.157. The first-order valence-corrected chi connectivity index (χ1v) is 4.50. The normalized spacial score (nSPS) is 9.69. The van der Waals surface area contributed by atoms with E-state index in [0.29, 0.717) is 0 Å². The van der Waals surface area contributed by atoms with E-state index in [9.17, 15) is 0 Å². The van der Waals surface area contributed by atoms with Gasteiger partial charge in [-0.05, 0) is 74.9 Å². The average Bonchev–Trinajstić information content (AvgIpc) is 2.08. The van der Waals surface area contributed by atoms with E-state index in [-0.39, 0.29) is 19.5 Å². The quantitative estimate of drug-likeness (QED) is 0.633. The molecule has 0 nitrogen and oxygen atoms in total. The van der Waals surface area contributed by atoms with Crippen LogP contribution in [-0.2, 0) is 19.5 Å². The topological polar surface area (TPSA) is 0 Å². The predicted octanol–water partition coefficient (Wildman–Crippen LogP) is 3.00. The zero-order chi connectivity index (χ0) is 9.46. The summed E-state index contributed by atoms with van der Waals surface area (Å²) in [5.74, 6) is 0. The molecule has 0 aliphatic heterocycles. The molecule has 0 spiro atoms. The van der Waals surface area contributed by atoms with Gasteiger partial charge in [0.1, 0.15) is 0 Å². The van der Waals surface area contributed by atoms with Gasteiger partial charge in [0.2, 0.25) is 0 Å². The monoisotopic (exact) mass is 266 g/mol. The van der Waals surface area contributed by atoms with Gasteiger partial charge < -0.3 is 0 Å². The Morgan fingerprint density at radius 2 is 0.462 bits per heavy atom. The van der Waals surface area contributed by atoms with Crippen molar-refractivity contribution < 1.29 is 19.5 Å². The van der Waals surface area contributed by atoms with Crippen LogP contribution in [0.2, 0.25) is 0 Å². The molecule has 76 valence electrons. The van der Waals surface area contributed by atoms with Gasteiger partial charge in [-0.25, -0.2) is 0 Å². The van der Waals surface area contributed by atoms with Gasteiger partial charge in [0, 0.05) is 0 Å². The molecule has 1 aromatic rings. The van der Waals surface area contributed by atoms with Crippen LogP contribution in [0.1, 0.15) is 33.4 Å². The molecule has 1 aromatic carbocycles. The average molecular weight is 265 g/mol. The fourth-order valence-corrected chi connectivity index (χ4v) is 1.69. The zero-order valence-corrected chi connectivity index (χ0v) is 11.4. The number of benzene rings is 1. The first-order chi connectivity index (χ1) is 5.46. The fourth-order valence-electron chi connectivity index (χ4n) is 1.69. The van der Waals surface area contributed by atoms with E-state index in [1.54, 1.807) is 0 Å². The second-order valence-electron chi connectivity index (χ2n) is 3.75. The molecule has 0 saturated heterocycles. The van der Waals surface area contributed by atoms with E-state index in [1.165, 1.54) is 33.4 Å². The van der Waals surface area contributed by atoms with Gasteiger partial charge in [0.25, 0.3) is 0 Å². The van der Waals surface area contributed by atoms with Crippen molar-refractivity contribution in [3.8, 4) is 0 Å². The van der Waals surface area contributed by atoms with E-state index in [1.807, 2.05) is 0 Å². The van der Waals surface area contributed by atoms with Crippen LogP contribution in [0.25, 0.3) is 0 Å². The molecule has 0 radical (unpaired) electrons. The Kier molecular flexibility index (Phi) is 4.32. The molecule has 0 N–H and O–H groups in total. The molecule has 0 bridgehead atoms. The maximum absolute atomic E-state index is 2.21. The summed E-state index contributed by atoms with van der Waals surface area (Å²) in [4.78, 5) is 0. The number of hydrogen-bond donors (Lipinski definition) is 0. The molecular weight excluding hydrogens is 245 g/mol. The minimum absolute atomic E-state index is 0. The summed E-state index contributed by atoms with van der Waals surface area (Å²) in [5.41, 5.74) is 8.73. The molecule has 0 aromatic heterocycles. The van der Waals surface area contributed by atoms with E-state index in [0.717, 1.165) is 0 Å². The van der Waals surface area contributed by atoms with Gasteiger partial charge >= 0.3 is 19.5 Å². The van der Waals surface area contributed by atoms with Crippen LogP contribution >= 0.6 is 0 Å². The van der Waals surface area contributed by atoms with Crippen molar-refractivity contribution >= 4 is 0 Å². The van der Waals surface area contributed by atoms with E-state index < -0.39 is 0 Å². The summed E-state index contributed by atoms with van der Waals surface area (Å²) in [6, 6.07) is 0. The summed E-state index contributed by atoms with van der Waals surface area (Å²) < 4.78 is 0. The molecule has 0 unspecified atom stereocenters. The second-order valence-corrected chi connectivity index (χ2v) is 3.75. The van der Waals surface area contributed by atoms with Crippen molar-refractivity contribution in [1.29, 1.82) is 0 Å². The Balaban J connectivity index is 0.00000144. The molecule has 13 heavy (non-hydrogen) atoms. The van der Waals surface area contributed by atoms with E-state index in [4.69, 9.17) is 0 Å². The molecule has 0 atom stereocenters. The first-order valence-electron chi connectivity index (χ1n) is 4.50. The Morgan fingerprint density at radius 3 is 0.538 bits per heavy atom. The molecule has 0 fully saturated rings. The van der Waals surface area contributed by atoms with Gasteiger partial charge in [-0.3, -0.25) is 0 Å². The number of rotatable bonds is 0. The molecule has 0 aliphatic rings. The van der Waals surface area contributed by atoms with Crippen LogP contribution < -0.4 is 0 Å². The van der Waals surface area contributed by atoms with Gasteiger partial charge in [-0.15, -0.1) is 0 Å². The van der Waals surface area contributed by atoms with Crippen LogP contribution in [0.3, 0.4) is 0 Å². The van der Waals surface area contributed by atoms with Crippen molar-refractivity contribution in [2.75, 3.05) is 0 Å². The zero-order valence-electron chi connectivity index (χ0n) is 9.41. The van der Waals surface area contributed by atoms with Crippen molar-refractivity contribution in [1.82, 2.24) is 0 Å². The fraction of sp³-hybridized carbons (Fsp3) is 0.500. The minimum atomic E-state index is 0. The molecule has 0 aliphatic carbocycles. The van der Waals surface area contributed by atoms with Gasteiger partial charge in [0.15, 0.2) is 0 Å². The standard InChI is InChI=1S/C12H18.Ru.2H/c1-7-8(2)10(4)12(6)11(5)9(7)3;;;/h1-6H3;;;. The maximum atomic E-state index is 2.21. The van der Waals surface area contributed by atoms with Gasteiger partial charge in [0.05, 0.1) is 0 Å². The third kappa shape index (κ3) is 2.02. The van der Waals surface area contributed by atoms with Crippen molar-refractivity contribution in [2.45, 2.75) is 41.5 Å². The summed E-state index contributed by atoms with van der Waals surface area (Å²) in [7, 11) is 0. The molecule has 0 heterocycles. The van der Waals surface area contributed by atoms with Crippen LogP contribution in [-0.4, -0.2) is 0 Å². The molecule has 1 heteroatoms.